The van der Waals surface area contributed by atoms with Crippen molar-refractivity contribution in [1.82, 2.24) is 4.90 Å². The van der Waals surface area contributed by atoms with Crippen molar-refractivity contribution in [2.45, 2.75) is 44.8 Å². The highest BCUT2D eigenvalue weighted by Crippen LogP contribution is 2.31. The number of likely N-dealkylation sites (tertiary alicyclic amines) is 1. The Bertz CT molecular complexity index is 361. The summed E-state index contributed by atoms with van der Waals surface area (Å²) in [5, 5.41) is 0. The van der Waals surface area contributed by atoms with Crippen LogP contribution < -0.4 is 5.73 Å². The maximum absolute atomic E-state index is 6.20. The molecule has 1 aliphatic rings. The van der Waals surface area contributed by atoms with Gasteiger partial charge in [0, 0.05) is 22.6 Å². The van der Waals surface area contributed by atoms with Crippen molar-refractivity contribution < 1.29 is 0 Å². The topological polar surface area (TPSA) is 29.3 Å². The molecule has 0 amide bonds. The lowest BCUT2D eigenvalue weighted by atomic mass is 9.98. The highest BCUT2D eigenvalue weighted by atomic mass is 79.9. The quantitative estimate of drug-likeness (QED) is 0.927. The van der Waals surface area contributed by atoms with Crippen LogP contribution in [-0.4, -0.2) is 23.5 Å². The highest BCUT2D eigenvalue weighted by molar-refractivity contribution is 9.10. The minimum Gasteiger partial charge on any atom is -0.326 e. The van der Waals surface area contributed by atoms with Gasteiger partial charge in [-0.25, -0.2) is 0 Å². The molecule has 1 saturated heterocycles. The number of nitrogens with zero attached hydrogens (tertiary/aromatic N) is 1. The van der Waals surface area contributed by atoms with Crippen LogP contribution in [0.5, 0.6) is 0 Å². The molecule has 1 aliphatic heterocycles. The molecule has 17 heavy (non-hydrogen) atoms. The van der Waals surface area contributed by atoms with E-state index < -0.39 is 0 Å². The third-order valence-electron chi connectivity index (χ3n) is 3.67. The molecule has 0 aromatic heterocycles. The summed E-state index contributed by atoms with van der Waals surface area (Å²) in [6.07, 6.45) is 2.58. The van der Waals surface area contributed by atoms with E-state index in [1.165, 1.54) is 24.9 Å². The first kappa shape index (κ1) is 13.1. The molecule has 2 nitrogen and oxygen atoms in total. The predicted octanol–water partition coefficient (Wildman–Crippen LogP) is 3.32. The van der Waals surface area contributed by atoms with E-state index in [0.29, 0.717) is 12.1 Å². The summed E-state index contributed by atoms with van der Waals surface area (Å²) in [5.74, 6) is 0. The zero-order valence-electron chi connectivity index (χ0n) is 10.6. The van der Waals surface area contributed by atoms with Crippen LogP contribution in [0.25, 0.3) is 0 Å². The number of benzene rings is 1. The first-order valence-electron chi connectivity index (χ1n) is 6.36. The molecule has 1 fully saturated rings. The standard InChI is InChI=1S/C14H21BrN2/c1-10-4-3-9-17(10)14(11(2)16)12-5-7-13(15)8-6-12/h5-8,10-11,14H,3-4,9,16H2,1-2H3. The van der Waals surface area contributed by atoms with Gasteiger partial charge in [0.2, 0.25) is 0 Å². The van der Waals surface area contributed by atoms with Gasteiger partial charge in [-0.15, -0.1) is 0 Å². The van der Waals surface area contributed by atoms with E-state index in [-0.39, 0.29) is 6.04 Å². The molecule has 1 aromatic carbocycles. The van der Waals surface area contributed by atoms with Crippen LogP contribution in [0.4, 0.5) is 0 Å². The van der Waals surface area contributed by atoms with Gasteiger partial charge in [0.15, 0.2) is 0 Å². The van der Waals surface area contributed by atoms with Gasteiger partial charge >= 0.3 is 0 Å². The van der Waals surface area contributed by atoms with Gasteiger partial charge in [0.05, 0.1) is 0 Å². The maximum Gasteiger partial charge on any atom is 0.0499 e. The number of rotatable bonds is 3. The van der Waals surface area contributed by atoms with Gasteiger partial charge < -0.3 is 5.73 Å². The fraction of sp³-hybridized carbons (Fsp3) is 0.571. The maximum atomic E-state index is 6.20. The molecule has 3 heteroatoms. The molecular formula is C14H21BrN2. The molecule has 94 valence electrons. The van der Waals surface area contributed by atoms with Gasteiger partial charge in [-0.1, -0.05) is 28.1 Å². The monoisotopic (exact) mass is 296 g/mol. The van der Waals surface area contributed by atoms with Gasteiger partial charge in [-0.3, -0.25) is 4.90 Å². The lowest BCUT2D eigenvalue weighted by molar-refractivity contribution is 0.170. The molecule has 3 atom stereocenters. The molecule has 2 rings (SSSR count). The summed E-state index contributed by atoms with van der Waals surface area (Å²) in [6, 6.07) is 9.73. The van der Waals surface area contributed by atoms with Crippen molar-refractivity contribution in [3.63, 3.8) is 0 Å². The van der Waals surface area contributed by atoms with Crippen molar-refractivity contribution in [3.8, 4) is 0 Å². The smallest absolute Gasteiger partial charge is 0.0499 e. The summed E-state index contributed by atoms with van der Waals surface area (Å²) in [6.45, 7) is 5.59. The van der Waals surface area contributed by atoms with Crippen LogP contribution in [0.2, 0.25) is 0 Å². The Morgan fingerprint density at radius 1 is 1.35 bits per heavy atom. The van der Waals surface area contributed by atoms with Gasteiger partial charge in [-0.2, -0.15) is 0 Å². The number of nitrogens with two attached hydrogens (primary N) is 1. The van der Waals surface area contributed by atoms with Crippen LogP contribution in [0.1, 0.15) is 38.3 Å². The Balaban J connectivity index is 2.25. The summed E-state index contributed by atoms with van der Waals surface area (Å²) in [7, 11) is 0. The van der Waals surface area contributed by atoms with Gasteiger partial charge in [0.25, 0.3) is 0 Å². The molecule has 0 radical (unpaired) electrons. The minimum atomic E-state index is 0.164. The Morgan fingerprint density at radius 3 is 2.47 bits per heavy atom. The van der Waals surface area contributed by atoms with Gasteiger partial charge in [0.1, 0.15) is 0 Å². The molecule has 3 unspecified atom stereocenters. The Hall–Kier alpha value is -0.380. The SMILES string of the molecule is CC(N)C(c1ccc(Br)cc1)N1CCCC1C. The van der Waals surface area contributed by atoms with E-state index in [9.17, 15) is 0 Å². The van der Waals surface area contributed by atoms with Crippen LogP contribution >= 0.6 is 15.9 Å². The van der Waals surface area contributed by atoms with Crippen LogP contribution in [0, 0.1) is 0 Å². The first-order chi connectivity index (χ1) is 8.09. The molecule has 0 saturated carbocycles. The molecule has 1 heterocycles. The van der Waals surface area contributed by atoms with Crippen molar-refractivity contribution in [2.24, 2.45) is 5.73 Å². The van der Waals surface area contributed by atoms with Crippen molar-refractivity contribution >= 4 is 15.9 Å². The van der Waals surface area contributed by atoms with Gasteiger partial charge in [-0.05, 0) is 50.9 Å². The lowest BCUT2D eigenvalue weighted by Crippen LogP contribution is -2.41. The van der Waals surface area contributed by atoms with Crippen molar-refractivity contribution in [1.29, 1.82) is 0 Å². The highest BCUT2D eigenvalue weighted by Gasteiger charge is 2.30. The lowest BCUT2D eigenvalue weighted by Gasteiger charge is -2.34. The summed E-state index contributed by atoms with van der Waals surface area (Å²) >= 11 is 3.48. The largest absolute Gasteiger partial charge is 0.326 e. The zero-order valence-corrected chi connectivity index (χ0v) is 12.2. The molecule has 0 bridgehead atoms. The van der Waals surface area contributed by atoms with Crippen LogP contribution in [-0.2, 0) is 0 Å². The first-order valence-corrected chi connectivity index (χ1v) is 7.15. The second-order valence-corrected chi connectivity index (χ2v) is 6.00. The summed E-state index contributed by atoms with van der Waals surface area (Å²) in [4.78, 5) is 2.55. The number of halogens is 1. The second kappa shape index (κ2) is 5.51. The van der Waals surface area contributed by atoms with E-state index in [2.05, 4.69) is 58.9 Å². The fourth-order valence-electron chi connectivity index (χ4n) is 2.83. The third kappa shape index (κ3) is 2.90. The average molecular weight is 297 g/mol. The fourth-order valence-corrected chi connectivity index (χ4v) is 3.09. The van der Waals surface area contributed by atoms with Crippen molar-refractivity contribution in [2.75, 3.05) is 6.54 Å². The number of hydrogen-bond acceptors (Lipinski definition) is 2. The van der Waals surface area contributed by atoms with E-state index >= 15 is 0 Å². The number of hydrogen-bond donors (Lipinski definition) is 1. The Kier molecular flexibility index (Phi) is 4.23. The summed E-state index contributed by atoms with van der Waals surface area (Å²) in [5.41, 5.74) is 7.53. The van der Waals surface area contributed by atoms with Crippen LogP contribution in [0.15, 0.2) is 28.7 Å². The Morgan fingerprint density at radius 2 is 2.00 bits per heavy atom. The average Bonchev–Trinajstić information content (AvgIpc) is 2.68. The van der Waals surface area contributed by atoms with E-state index in [4.69, 9.17) is 5.73 Å². The van der Waals surface area contributed by atoms with E-state index in [0.717, 1.165) is 4.47 Å². The van der Waals surface area contributed by atoms with Crippen molar-refractivity contribution in [3.05, 3.63) is 34.3 Å². The molecule has 1 aromatic rings. The van der Waals surface area contributed by atoms with Crippen LogP contribution in [0.3, 0.4) is 0 Å². The molecule has 0 spiro atoms. The Labute approximate surface area is 112 Å². The van der Waals surface area contributed by atoms with E-state index in [1.54, 1.807) is 0 Å². The summed E-state index contributed by atoms with van der Waals surface area (Å²) < 4.78 is 1.12. The molecule has 0 aliphatic carbocycles. The van der Waals surface area contributed by atoms with E-state index in [1.807, 2.05) is 0 Å². The zero-order chi connectivity index (χ0) is 12.4. The minimum absolute atomic E-state index is 0.164. The second-order valence-electron chi connectivity index (χ2n) is 5.08. The normalized spacial score (nSPS) is 24.8. The predicted molar refractivity (Wildman–Crippen MR) is 75.9 cm³/mol. The molecular weight excluding hydrogens is 276 g/mol. The third-order valence-corrected chi connectivity index (χ3v) is 4.20. The molecule has 2 N–H and O–H groups in total.